The van der Waals surface area contributed by atoms with Crippen molar-refractivity contribution in [3.8, 4) is 0 Å². The van der Waals surface area contributed by atoms with Gasteiger partial charge in [-0.05, 0) is 91.0 Å². The van der Waals surface area contributed by atoms with E-state index in [1.807, 2.05) is 0 Å². The summed E-state index contributed by atoms with van der Waals surface area (Å²) in [5, 5.41) is 18.4. The maximum atomic E-state index is 13.7. The lowest BCUT2D eigenvalue weighted by Gasteiger charge is -2.11. The van der Waals surface area contributed by atoms with Crippen molar-refractivity contribution in [1.82, 2.24) is 4.98 Å². The van der Waals surface area contributed by atoms with Crippen molar-refractivity contribution in [3.05, 3.63) is 102 Å². The lowest BCUT2D eigenvalue weighted by molar-refractivity contribution is 0.479. The first kappa shape index (κ1) is 40.9. The summed E-state index contributed by atoms with van der Waals surface area (Å²) in [6.45, 7) is 3.34. The third-order valence-electron chi connectivity index (χ3n) is 8.10. The number of azo groups is 2. The molecule has 24 heteroatoms. The van der Waals surface area contributed by atoms with Gasteiger partial charge in [-0.3, -0.25) is 18.2 Å². The molecule has 5 aromatic carbocycles. The summed E-state index contributed by atoms with van der Waals surface area (Å²) in [6, 6.07) is 13.1. The van der Waals surface area contributed by atoms with E-state index < -0.39 is 88.3 Å². The fourth-order valence-electron chi connectivity index (χ4n) is 5.69. The number of aromatic nitrogens is 1. The number of nitrogens with zero attached hydrogens (tertiary/aromatic N) is 5. The maximum absolute atomic E-state index is 13.7. The fourth-order valence-corrected chi connectivity index (χ4v) is 8.10. The SMILES string of the molecule is Cc1cc(Nc2cc(F)cc(F)n2)cc(C)c1N=Nc1ccc(N=Nc2cc(S(=O)(=O)O)cc3cc(S(=O)(=O)O)cc(S(=O)(=O)O)c23)c2ccc(S(=O)(=O)O)cc12. The Kier molecular flexibility index (Phi) is 10.5. The van der Waals surface area contributed by atoms with Crippen LogP contribution in [0, 0.1) is 25.6 Å². The van der Waals surface area contributed by atoms with Crippen molar-refractivity contribution in [2.75, 3.05) is 5.32 Å². The first-order chi connectivity index (χ1) is 26.4. The topological polar surface area (TPSA) is 292 Å². The molecule has 0 saturated carbocycles. The van der Waals surface area contributed by atoms with E-state index in [-0.39, 0.29) is 28.0 Å². The first-order valence-electron chi connectivity index (χ1n) is 15.5. The predicted molar refractivity (Wildman–Crippen MR) is 199 cm³/mol. The van der Waals surface area contributed by atoms with Crippen LogP contribution in [-0.4, -0.2) is 56.9 Å². The van der Waals surface area contributed by atoms with Gasteiger partial charge in [0.15, 0.2) is 0 Å². The van der Waals surface area contributed by atoms with Crippen LogP contribution < -0.4 is 5.32 Å². The molecular weight excluding hydrogens is 839 g/mol. The van der Waals surface area contributed by atoms with E-state index >= 15 is 0 Å². The minimum Gasteiger partial charge on any atom is -0.340 e. The van der Waals surface area contributed by atoms with Gasteiger partial charge in [0.2, 0.25) is 5.95 Å². The second-order valence-electron chi connectivity index (χ2n) is 12.2. The molecule has 0 aliphatic heterocycles. The number of fused-ring (bicyclic) bond motifs is 2. The van der Waals surface area contributed by atoms with E-state index in [4.69, 9.17) is 0 Å². The molecule has 0 fully saturated rings. The van der Waals surface area contributed by atoms with Crippen LogP contribution in [0.3, 0.4) is 0 Å². The zero-order valence-electron chi connectivity index (χ0n) is 28.7. The van der Waals surface area contributed by atoms with E-state index in [0.29, 0.717) is 52.8 Å². The summed E-state index contributed by atoms with van der Waals surface area (Å²) in [5.41, 5.74) is 1.14. The number of nitrogens with one attached hydrogen (secondary N) is 1. The second-order valence-corrected chi connectivity index (χ2v) is 17.8. The number of benzene rings is 5. The molecular formula is C33H24F2N6O12S4. The number of pyridine rings is 1. The zero-order chi connectivity index (χ0) is 41.8. The number of anilines is 2. The lowest BCUT2D eigenvalue weighted by atomic mass is 10.1. The van der Waals surface area contributed by atoms with Crippen molar-refractivity contribution in [1.29, 1.82) is 0 Å². The molecule has 296 valence electrons. The lowest BCUT2D eigenvalue weighted by Crippen LogP contribution is -2.05. The summed E-state index contributed by atoms with van der Waals surface area (Å²) >= 11 is 0. The molecule has 5 N–H and O–H groups in total. The van der Waals surface area contributed by atoms with Crippen molar-refractivity contribution in [3.63, 3.8) is 0 Å². The Hall–Kier alpha value is -5.73. The summed E-state index contributed by atoms with van der Waals surface area (Å²) in [6.07, 6.45) is 0. The van der Waals surface area contributed by atoms with E-state index in [1.54, 1.807) is 26.0 Å². The number of hydrogen-bond donors (Lipinski definition) is 5. The first-order valence-corrected chi connectivity index (χ1v) is 21.3. The molecule has 0 unspecified atom stereocenters. The Balaban J connectivity index is 1.49. The summed E-state index contributed by atoms with van der Waals surface area (Å²) in [4.78, 5) is -0.0642. The van der Waals surface area contributed by atoms with Gasteiger partial charge >= 0.3 is 0 Å². The molecule has 6 aromatic rings. The average Bonchev–Trinajstić information content (AvgIpc) is 3.07. The van der Waals surface area contributed by atoms with E-state index in [0.717, 1.165) is 18.2 Å². The predicted octanol–water partition coefficient (Wildman–Crippen LogP) is 7.84. The van der Waals surface area contributed by atoms with E-state index in [2.05, 4.69) is 30.8 Å². The van der Waals surface area contributed by atoms with Gasteiger partial charge in [0.05, 0.1) is 37.4 Å². The number of hydrogen-bond acceptors (Lipinski definition) is 14. The monoisotopic (exact) mass is 862 g/mol. The molecule has 0 spiro atoms. The molecule has 18 nitrogen and oxygen atoms in total. The molecule has 0 amide bonds. The van der Waals surface area contributed by atoms with Crippen molar-refractivity contribution in [2.45, 2.75) is 33.4 Å². The van der Waals surface area contributed by atoms with Crippen LogP contribution in [0.5, 0.6) is 0 Å². The highest BCUT2D eigenvalue weighted by Gasteiger charge is 2.25. The second kappa shape index (κ2) is 14.6. The van der Waals surface area contributed by atoms with Crippen LogP contribution in [0.15, 0.2) is 119 Å². The molecule has 57 heavy (non-hydrogen) atoms. The van der Waals surface area contributed by atoms with Crippen molar-refractivity contribution >= 4 is 96.3 Å². The number of halogens is 2. The largest absolute Gasteiger partial charge is 0.340 e. The summed E-state index contributed by atoms with van der Waals surface area (Å²) < 4.78 is 164. The van der Waals surface area contributed by atoms with Crippen molar-refractivity contribution in [2.24, 2.45) is 20.5 Å². The number of rotatable bonds is 10. The van der Waals surface area contributed by atoms with Gasteiger partial charge in [0.1, 0.15) is 16.5 Å². The zero-order valence-corrected chi connectivity index (χ0v) is 32.0. The Morgan fingerprint density at radius 1 is 0.561 bits per heavy atom. The minimum absolute atomic E-state index is 0.0195. The minimum atomic E-state index is -5.31. The van der Waals surface area contributed by atoms with Gasteiger partial charge < -0.3 is 5.32 Å². The molecule has 0 radical (unpaired) electrons. The van der Waals surface area contributed by atoms with Crippen LogP contribution >= 0.6 is 0 Å². The third-order valence-corrected chi connectivity index (χ3v) is 11.5. The standard InChI is InChI=1S/C33H24F2N6O12S4/c1-16-7-20(36-31-12-19(34)11-30(35)37-31)8-17(2)33(16)41-39-27-6-5-26(24-4-3-21(13-25(24)27)54(42,43)44)38-40-28-14-22(55(45,46)47)9-18-10-23(56(48,49)50)15-29(32(18)28)57(51,52)53/h3-15H,1-2H3,(H,36,37)(H,42,43,44)(H,45,46,47)(H,48,49,50)(H,51,52,53). The number of aryl methyl sites for hydroxylation is 2. The smallest absolute Gasteiger partial charge is 0.295 e. The Morgan fingerprint density at radius 2 is 1.11 bits per heavy atom. The maximum Gasteiger partial charge on any atom is 0.295 e. The van der Waals surface area contributed by atoms with Gasteiger partial charge in [-0.1, -0.05) is 6.07 Å². The highest BCUT2D eigenvalue weighted by molar-refractivity contribution is 7.87. The van der Waals surface area contributed by atoms with Gasteiger partial charge in [-0.15, -0.1) is 20.5 Å². The van der Waals surface area contributed by atoms with E-state index in [1.165, 1.54) is 18.2 Å². The average molecular weight is 863 g/mol. The summed E-state index contributed by atoms with van der Waals surface area (Å²) in [5.74, 6) is -1.97. The van der Waals surface area contributed by atoms with Crippen LogP contribution in [0.2, 0.25) is 0 Å². The molecule has 1 aromatic heterocycles. The van der Waals surface area contributed by atoms with Crippen molar-refractivity contribution < 1.29 is 60.7 Å². The third kappa shape index (κ3) is 8.97. The van der Waals surface area contributed by atoms with Crippen LogP contribution in [-0.2, 0) is 40.5 Å². The van der Waals surface area contributed by atoms with E-state index in [9.17, 15) is 60.7 Å². The van der Waals surface area contributed by atoms with Gasteiger partial charge in [-0.2, -0.15) is 38.1 Å². The van der Waals surface area contributed by atoms with Crippen LogP contribution in [0.4, 0.5) is 43.0 Å². The Labute approximate surface area is 321 Å². The molecule has 0 aliphatic carbocycles. The molecule has 0 aliphatic rings. The normalized spacial score (nSPS) is 13.0. The summed E-state index contributed by atoms with van der Waals surface area (Å²) in [7, 11) is -20.3. The highest BCUT2D eigenvalue weighted by atomic mass is 32.2. The molecule has 1 heterocycles. The quantitative estimate of drug-likeness (QED) is 0.0498. The molecule has 0 atom stereocenters. The van der Waals surface area contributed by atoms with Gasteiger partial charge in [0.25, 0.3) is 40.5 Å². The van der Waals surface area contributed by atoms with Gasteiger partial charge in [-0.25, -0.2) is 9.37 Å². The fraction of sp³-hybridized carbons (Fsp3) is 0.0606. The Bertz CT molecular complexity index is 3170. The molecule has 0 saturated heterocycles. The van der Waals surface area contributed by atoms with Gasteiger partial charge in [0, 0.05) is 34.0 Å². The molecule has 6 rings (SSSR count). The molecule has 0 bridgehead atoms. The Morgan fingerprint density at radius 3 is 1.67 bits per heavy atom. The van der Waals surface area contributed by atoms with Crippen LogP contribution in [0.25, 0.3) is 21.5 Å². The van der Waals surface area contributed by atoms with Crippen LogP contribution in [0.1, 0.15) is 11.1 Å². The highest BCUT2D eigenvalue weighted by Crippen LogP contribution is 2.41.